The van der Waals surface area contributed by atoms with E-state index in [1.54, 1.807) is 17.2 Å². The number of methoxy groups -OCH3 is 2. The van der Waals surface area contributed by atoms with Crippen molar-refractivity contribution in [3.05, 3.63) is 85.1 Å². The van der Waals surface area contributed by atoms with Crippen molar-refractivity contribution in [2.75, 3.05) is 27.3 Å². The van der Waals surface area contributed by atoms with Crippen LogP contribution >= 0.6 is 0 Å². The van der Waals surface area contributed by atoms with Gasteiger partial charge in [0.15, 0.2) is 0 Å². The molecule has 14 heteroatoms. The molecule has 56 heavy (non-hydrogen) atoms. The first-order valence-electron chi connectivity index (χ1n) is 19.1. The number of H-pyrrole nitrogens is 2. The molecule has 2 saturated heterocycles. The summed E-state index contributed by atoms with van der Waals surface area (Å²) in [6, 6.07) is 16.9. The number of carbonyl (C=O) groups excluding carboxylic acids is 4. The van der Waals surface area contributed by atoms with Crippen molar-refractivity contribution in [2.45, 2.75) is 70.1 Å². The Morgan fingerprint density at radius 3 is 2.11 bits per heavy atom. The highest BCUT2D eigenvalue weighted by Gasteiger charge is 2.38. The van der Waals surface area contributed by atoms with Crippen molar-refractivity contribution in [1.29, 1.82) is 0 Å². The number of alkyl carbamates (subject to hydrolysis) is 2. The Morgan fingerprint density at radius 2 is 1.43 bits per heavy atom. The van der Waals surface area contributed by atoms with E-state index in [1.807, 2.05) is 24.8 Å². The fraction of sp³-hybridized carbons (Fsp3) is 0.381. The van der Waals surface area contributed by atoms with Crippen LogP contribution in [0, 0.1) is 5.92 Å². The Balaban J connectivity index is 1.07. The minimum Gasteiger partial charge on any atom is -0.453 e. The Hall–Kier alpha value is -6.18. The van der Waals surface area contributed by atoms with Crippen LogP contribution < -0.4 is 10.6 Å². The number of aromatic nitrogens is 4. The summed E-state index contributed by atoms with van der Waals surface area (Å²) in [4.78, 5) is 71.1. The van der Waals surface area contributed by atoms with Gasteiger partial charge in [0.25, 0.3) is 0 Å². The Labute approximate surface area is 325 Å². The quantitative estimate of drug-likeness (QED) is 0.107. The molecule has 2 aliphatic rings. The van der Waals surface area contributed by atoms with Gasteiger partial charge in [0.2, 0.25) is 11.8 Å². The summed E-state index contributed by atoms with van der Waals surface area (Å²) >= 11 is 0. The number of amides is 4. The lowest BCUT2D eigenvalue weighted by Gasteiger charge is -2.29. The first-order chi connectivity index (χ1) is 27.1. The van der Waals surface area contributed by atoms with E-state index in [9.17, 15) is 19.2 Å². The Kier molecular flexibility index (Phi) is 11.1. The van der Waals surface area contributed by atoms with Crippen molar-refractivity contribution in [2.24, 2.45) is 5.92 Å². The van der Waals surface area contributed by atoms with Gasteiger partial charge in [-0.15, -0.1) is 6.58 Å². The van der Waals surface area contributed by atoms with Crippen LogP contribution in [0.15, 0.2) is 73.4 Å². The van der Waals surface area contributed by atoms with Gasteiger partial charge in [-0.05, 0) is 84.2 Å². The first-order valence-corrected chi connectivity index (χ1v) is 19.1. The average molecular weight is 761 g/mol. The predicted molar refractivity (Wildman–Crippen MR) is 212 cm³/mol. The number of nitrogens with one attached hydrogen (secondary N) is 4. The molecular weight excluding hydrogens is 713 g/mol. The van der Waals surface area contributed by atoms with Gasteiger partial charge in [-0.2, -0.15) is 0 Å². The van der Waals surface area contributed by atoms with E-state index in [4.69, 9.17) is 14.5 Å². The maximum atomic E-state index is 13.6. The molecule has 4 unspecified atom stereocenters. The maximum Gasteiger partial charge on any atom is 0.407 e. The smallest absolute Gasteiger partial charge is 0.407 e. The highest BCUT2D eigenvalue weighted by molar-refractivity contribution is 5.92. The lowest BCUT2D eigenvalue weighted by Crippen LogP contribution is -2.51. The topological polar surface area (TPSA) is 175 Å². The number of rotatable bonds is 11. The van der Waals surface area contributed by atoms with Crippen molar-refractivity contribution in [3.63, 3.8) is 0 Å². The molecule has 4 amide bonds. The number of hydrogen-bond donors (Lipinski definition) is 4. The molecule has 0 aliphatic carbocycles. The van der Waals surface area contributed by atoms with Gasteiger partial charge in [0.05, 0.1) is 49.2 Å². The van der Waals surface area contributed by atoms with Crippen LogP contribution in [0.4, 0.5) is 9.59 Å². The van der Waals surface area contributed by atoms with E-state index < -0.39 is 24.3 Å². The van der Waals surface area contributed by atoms with Gasteiger partial charge < -0.3 is 39.9 Å². The summed E-state index contributed by atoms with van der Waals surface area (Å²) in [5.41, 5.74) is 5.62. The lowest BCUT2D eigenvalue weighted by molar-refractivity contribution is -0.135. The molecule has 292 valence electrons. The molecule has 7 rings (SSSR count). The Morgan fingerprint density at radius 1 is 0.821 bits per heavy atom. The number of benzene rings is 3. The fourth-order valence-corrected chi connectivity index (χ4v) is 7.91. The van der Waals surface area contributed by atoms with Crippen molar-refractivity contribution < 1.29 is 28.7 Å². The molecule has 5 aromatic rings. The van der Waals surface area contributed by atoms with Gasteiger partial charge in [0.1, 0.15) is 23.7 Å². The zero-order valence-corrected chi connectivity index (χ0v) is 32.1. The average Bonchev–Trinajstić information content (AvgIpc) is 4.04. The molecule has 14 nitrogen and oxygen atoms in total. The second kappa shape index (κ2) is 16.3. The first kappa shape index (κ1) is 38.1. The van der Waals surface area contributed by atoms with Gasteiger partial charge in [-0.3, -0.25) is 9.59 Å². The molecular formula is C42H48N8O6. The fourth-order valence-electron chi connectivity index (χ4n) is 7.91. The summed E-state index contributed by atoms with van der Waals surface area (Å²) in [6.07, 6.45) is 5.63. The number of ether oxygens (including phenoxy) is 2. The zero-order valence-electron chi connectivity index (χ0n) is 32.1. The van der Waals surface area contributed by atoms with E-state index in [0.717, 1.165) is 75.7 Å². The van der Waals surface area contributed by atoms with Crippen LogP contribution in [0.5, 0.6) is 0 Å². The normalized spacial score (nSPS) is 17.9. The summed E-state index contributed by atoms with van der Waals surface area (Å²) in [5.74, 6) is 0.995. The minimum absolute atomic E-state index is 0.111. The molecule has 4 heterocycles. The molecule has 2 fully saturated rings. The molecule has 2 aromatic heterocycles. The highest BCUT2D eigenvalue weighted by atomic mass is 16.5. The van der Waals surface area contributed by atoms with Crippen molar-refractivity contribution in [1.82, 2.24) is 40.4 Å². The summed E-state index contributed by atoms with van der Waals surface area (Å²) in [7, 11) is 2.56. The van der Waals surface area contributed by atoms with Crippen LogP contribution in [0.25, 0.3) is 44.2 Å². The number of aromatic amines is 2. The molecule has 4 atom stereocenters. The number of likely N-dealkylation sites (tertiary alicyclic amines) is 2. The standard InChI is InChI=1S/C42H48N8O6/c1-6-9-31(47-41(53)55-4)39(51)49-18-7-10-34(49)37-43-23-33(46-37)29-15-14-25-20-26(12-13-27(25)21-29)28-16-17-30-32(22-28)45-38(44-30)35-11-8-19-50(35)40(52)36(24(2)3)48-42(54)56-5/h6,12-17,20-24,31,34-36H,1,7-11,18-19H2,2-5H3,(H,43,46)(H,44,45)(H,47,53)(H,48,54). The van der Waals surface area contributed by atoms with Crippen LogP contribution in [0.2, 0.25) is 0 Å². The van der Waals surface area contributed by atoms with Gasteiger partial charge >= 0.3 is 12.2 Å². The third kappa shape index (κ3) is 7.68. The molecule has 0 saturated carbocycles. The SMILES string of the molecule is C=CCC(NC(=O)OC)C(=O)N1CCCC1c1ncc(-c2ccc3cc(-c4ccc5nc(C6CCCN6C(=O)C(NC(=O)OC)C(C)C)[nH]c5c4)ccc3c2)[nH]1. The van der Waals surface area contributed by atoms with Crippen molar-refractivity contribution >= 4 is 45.8 Å². The third-order valence-corrected chi connectivity index (χ3v) is 10.9. The zero-order chi connectivity index (χ0) is 39.5. The second-order valence-electron chi connectivity index (χ2n) is 14.8. The third-order valence-electron chi connectivity index (χ3n) is 10.9. The summed E-state index contributed by atoms with van der Waals surface area (Å²) in [6.45, 7) is 8.70. The maximum absolute atomic E-state index is 13.6. The van der Waals surface area contributed by atoms with E-state index >= 15 is 0 Å². The molecule has 2 aliphatic heterocycles. The number of nitrogens with zero attached hydrogens (tertiary/aromatic N) is 4. The largest absolute Gasteiger partial charge is 0.453 e. The van der Waals surface area contributed by atoms with Crippen molar-refractivity contribution in [3.8, 4) is 22.4 Å². The van der Waals surface area contributed by atoms with E-state index in [0.29, 0.717) is 25.3 Å². The number of carbonyl (C=O) groups is 4. The number of fused-ring (bicyclic) bond motifs is 2. The van der Waals surface area contributed by atoms with Crippen LogP contribution in [0.1, 0.15) is 69.7 Å². The van der Waals surface area contributed by atoms with Gasteiger partial charge in [-0.1, -0.05) is 50.3 Å². The Bertz CT molecular complexity index is 2280. The molecule has 3 aromatic carbocycles. The molecule has 0 radical (unpaired) electrons. The molecule has 0 spiro atoms. The number of imidazole rings is 2. The highest BCUT2D eigenvalue weighted by Crippen LogP contribution is 2.36. The molecule has 4 N–H and O–H groups in total. The van der Waals surface area contributed by atoms with E-state index in [2.05, 4.69) is 80.7 Å². The second-order valence-corrected chi connectivity index (χ2v) is 14.8. The van der Waals surface area contributed by atoms with Gasteiger partial charge in [0, 0.05) is 18.7 Å². The minimum atomic E-state index is -0.763. The lowest BCUT2D eigenvalue weighted by atomic mass is 9.99. The summed E-state index contributed by atoms with van der Waals surface area (Å²) in [5, 5.41) is 7.48. The van der Waals surface area contributed by atoms with Crippen LogP contribution in [-0.2, 0) is 19.1 Å². The van der Waals surface area contributed by atoms with E-state index in [1.165, 1.54) is 14.2 Å². The predicted octanol–water partition coefficient (Wildman–Crippen LogP) is 6.78. The number of hydrogen-bond acceptors (Lipinski definition) is 8. The monoisotopic (exact) mass is 760 g/mol. The van der Waals surface area contributed by atoms with Gasteiger partial charge in [-0.25, -0.2) is 19.6 Å². The molecule has 0 bridgehead atoms. The summed E-state index contributed by atoms with van der Waals surface area (Å²) < 4.78 is 9.50. The van der Waals surface area contributed by atoms with Crippen LogP contribution in [-0.4, -0.2) is 93.1 Å². The van der Waals surface area contributed by atoms with E-state index in [-0.39, 0.29) is 29.8 Å². The van der Waals surface area contributed by atoms with Crippen LogP contribution in [0.3, 0.4) is 0 Å².